The fraction of sp³-hybridized carbons (Fsp3) is 0.444. The average molecular weight is 318 g/mol. The van der Waals surface area contributed by atoms with Gasteiger partial charge in [-0.15, -0.1) is 0 Å². The van der Waals surface area contributed by atoms with Gasteiger partial charge in [0.1, 0.15) is 11.5 Å². The Balaban J connectivity index is 2.60. The van der Waals surface area contributed by atoms with Gasteiger partial charge in [0.2, 0.25) is 5.91 Å². The predicted molar refractivity (Wildman–Crippen MR) is 92.4 cm³/mol. The molecule has 0 bridgehead atoms. The van der Waals surface area contributed by atoms with Crippen LogP contribution < -0.4 is 15.8 Å². The summed E-state index contributed by atoms with van der Waals surface area (Å²) in [6, 6.07) is 6.64. The molecule has 0 aliphatic carbocycles. The van der Waals surface area contributed by atoms with E-state index in [2.05, 4.69) is 12.2 Å². The van der Waals surface area contributed by atoms with Crippen molar-refractivity contribution >= 4 is 17.4 Å². The minimum atomic E-state index is -0.462. The number of ether oxygens (including phenoxy) is 1. The molecule has 0 saturated heterocycles. The second kappa shape index (κ2) is 9.79. The van der Waals surface area contributed by atoms with Crippen molar-refractivity contribution in [3.05, 3.63) is 36.4 Å². The van der Waals surface area contributed by atoms with Gasteiger partial charge in [0, 0.05) is 12.1 Å². The van der Waals surface area contributed by atoms with Crippen LogP contribution >= 0.6 is 0 Å². The van der Waals surface area contributed by atoms with Crippen molar-refractivity contribution < 1.29 is 14.3 Å². The number of Topliss-reactive ketones (excluding diaryl/α,β-unsaturated/α-hetero) is 1. The molecule has 1 rings (SSSR count). The maximum Gasteiger partial charge on any atom is 0.248 e. The number of rotatable bonds is 9. The molecule has 126 valence electrons. The molecule has 0 heterocycles. The molecule has 5 nitrogen and oxygen atoms in total. The number of amides is 1. The molecule has 0 radical (unpaired) electrons. The van der Waals surface area contributed by atoms with Crippen molar-refractivity contribution in [2.24, 2.45) is 11.7 Å². The molecular weight excluding hydrogens is 292 g/mol. The molecule has 23 heavy (non-hydrogen) atoms. The molecule has 0 spiro atoms. The largest absolute Gasteiger partial charge is 0.497 e. The van der Waals surface area contributed by atoms with Gasteiger partial charge in [0.25, 0.3) is 0 Å². The molecule has 0 aliphatic rings. The molecule has 5 heteroatoms. The summed E-state index contributed by atoms with van der Waals surface area (Å²) in [4.78, 5) is 23.7. The minimum Gasteiger partial charge on any atom is -0.497 e. The third-order valence-electron chi connectivity index (χ3n) is 3.51. The van der Waals surface area contributed by atoms with E-state index in [9.17, 15) is 9.59 Å². The van der Waals surface area contributed by atoms with E-state index < -0.39 is 6.04 Å². The summed E-state index contributed by atoms with van der Waals surface area (Å²) in [6.45, 7) is 3.74. The molecule has 1 aromatic carbocycles. The van der Waals surface area contributed by atoms with E-state index >= 15 is 0 Å². The molecule has 0 fully saturated rings. The molecule has 1 amide bonds. The van der Waals surface area contributed by atoms with Crippen LogP contribution in [-0.2, 0) is 9.59 Å². The summed E-state index contributed by atoms with van der Waals surface area (Å²) in [7, 11) is 1.59. The van der Waals surface area contributed by atoms with Crippen molar-refractivity contribution in [3.63, 3.8) is 0 Å². The summed E-state index contributed by atoms with van der Waals surface area (Å²) in [5, 5.41) is 2.78. The second-order valence-electron chi connectivity index (χ2n) is 5.58. The molecule has 0 aliphatic heterocycles. The minimum absolute atomic E-state index is 0.0173. The van der Waals surface area contributed by atoms with Crippen molar-refractivity contribution in [2.45, 2.75) is 39.2 Å². The number of anilines is 1. The van der Waals surface area contributed by atoms with Gasteiger partial charge in [-0.2, -0.15) is 0 Å². The van der Waals surface area contributed by atoms with Gasteiger partial charge in [0.15, 0.2) is 0 Å². The van der Waals surface area contributed by atoms with Gasteiger partial charge in [-0.25, -0.2) is 0 Å². The Kier molecular flexibility index (Phi) is 8.05. The number of hydrogen-bond donors (Lipinski definition) is 2. The number of hydrogen-bond acceptors (Lipinski definition) is 4. The Bertz CT molecular complexity index is 536. The number of nitrogens with one attached hydrogen (secondary N) is 1. The van der Waals surface area contributed by atoms with Gasteiger partial charge in [0.05, 0.1) is 13.2 Å². The van der Waals surface area contributed by atoms with Gasteiger partial charge >= 0.3 is 0 Å². The topological polar surface area (TPSA) is 81.4 Å². The van der Waals surface area contributed by atoms with E-state index in [1.54, 1.807) is 44.4 Å². The van der Waals surface area contributed by atoms with E-state index in [1.807, 2.05) is 0 Å². The van der Waals surface area contributed by atoms with Crippen LogP contribution in [0.3, 0.4) is 0 Å². The van der Waals surface area contributed by atoms with Crippen LogP contribution in [0.25, 0.3) is 0 Å². The lowest BCUT2D eigenvalue weighted by molar-refractivity contribution is -0.120. The summed E-state index contributed by atoms with van der Waals surface area (Å²) >= 11 is 0. The first-order valence-electron chi connectivity index (χ1n) is 7.87. The van der Waals surface area contributed by atoms with E-state index in [0.717, 1.165) is 18.6 Å². The number of carbonyl (C=O) groups excluding carboxylic acids is 2. The van der Waals surface area contributed by atoms with Crippen molar-refractivity contribution in [3.8, 4) is 5.75 Å². The number of nitrogens with two attached hydrogens (primary N) is 1. The predicted octanol–water partition coefficient (Wildman–Crippen LogP) is 2.91. The first kappa shape index (κ1) is 18.9. The summed E-state index contributed by atoms with van der Waals surface area (Å²) in [5.41, 5.74) is 6.29. The fourth-order valence-corrected chi connectivity index (χ4v) is 2.16. The maximum absolute atomic E-state index is 12.0. The third kappa shape index (κ3) is 7.10. The lowest BCUT2D eigenvalue weighted by atomic mass is 9.94. The van der Waals surface area contributed by atoms with Crippen LogP contribution in [0.15, 0.2) is 36.4 Å². The zero-order chi connectivity index (χ0) is 17.2. The Labute approximate surface area is 137 Å². The van der Waals surface area contributed by atoms with Gasteiger partial charge in [-0.05, 0) is 49.6 Å². The SMILES string of the molecule is CCC[C@@H](/C=C/C(=O)Nc1ccc(OC)cc1)CC(=O)[C@H](C)N. The normalized spacial score (nSPS) is 13.6. The highest BCUT2D eigenvalue weighted by molar-refractivity contribution is 5.99. The quantitative estimate of drug-likeness (QED) is 0.686. The zero-order valence-electron chi connectivity index (χ0n) is 14.0. The smallest absolute Gasteiger partial charge is 0.248 e. The Hall–Kier alpha value is -2.14. The van der Waals surface area contributed by atoms with E-state index in [1.165, 1.54) is 6.08 Å². The summed E-state index contributed by atoms with van der Waals surface area (Å²) < 4.78 is 5.07. The first-order valence-corrected chi connectivity index (χ1v) is 7.87. The van der Waals surface area contributed by atoms with Gasteiger partial charge in [-0.1, -0.05) is 19.4 Å². The van der Waals surface area contributed by atoms with Crippen LogP contribution in [0.4, 0.5) is 5.69 Å². The first-order chi connectivity index (χ1) is 11.0. The molecule has 0 unspecified atom stereocenters. The van der Waals surface area contributed by atoms with Crippen molar-refractivity contribution in [2.75, 3.05) is 12.4 Å². The molecule has 0 saturated carbocycles. The second-order valence-corrected chi connectivity index (χ2v) is 5.58. The highest BCUT2D eigenvalue weighted by atomic mass is 16.5. The zero-order valence-corrected chi connectivity index (χ0v) is 14.0. The van der Waals surface area contributed by atoms with E-state index in [0.29, 0.717) is 12.1 Å². The van der Waals surface area contributed by atoms with Crippen LogP contribution in [0.1, 0.15) is 33.1 Å². The summed E-state index contributed by atoms with van der Waals surface area (Å²) in [6.07, 6.45) is 5.45. The lowest BCUT2D eigenvalue weighted by Crippen LogP contribution is -2.28. The van der Waals surface area contributed by atoms with Crippen LogP contribution in [0.5, 0.6) is 5.75 Å². The van der Waals surface area contributed by atoms with Crippen LogP contribution in [-0.4, -0.2) is 24.8 Å². The van der Waals surface area contributed by atoms with Crippen molar-refractivity contribution in [1.29, 1.82) is 0 Å². The average Bonchev–Trinajstić information content (AvgIpc) is 2.53. The van der Waals surface area contributed by atoms with Gasteiger partial charge < -0.3 is 15.8 Å². The molecule has 0 aromatic heterocycles. The highest BCUT2D eigenvalue weighted by Crippen LogP contribution is 2.16. The molecular formula is C18H26N2O3. The number of ketones is 1. The Morgan fingerprint density at radius 1 is 1.30 bits per heavy atom. The highest BCUT2D eigenvalue weighted by Gasteiger charge is 2.14. The maximum atomic E-state index is 12.0. The number of allylic oxidation sites excluding steroid dienone is 1. The number of carbonyl (C=O) groups is 2. The molecule has 2 atom stereocenters. The van der Waals surface area contributed by atoms with Gasteiger partial charge in [-0.3, -0.25) is 9.59 Å². The Morgan fingerprint density at radius 3 is 2.48 bits per heavy atom. The van der Waals surface area contributed by atoms with Crippen LogP contribution in [0, 0.1) is 5.92 Å². The monoisotopic (exact) mass is 318 g/mol. The third-order valence-corrected chi connectivity index (χ3v) is 3.51. The van der Waals surface area contributed by atoms with Crippen molar-refractivity contribution in [1.82, 2.24) is 0 Å². The van der Waals surface area contributed by atoms with E-state index in [4.69, 9.17) is 10.5 Å². The molecule has 1 aromatic rings. The number of benzene rings is 1. The Morgan fingerprint density at radius 2 is 1.96 bits per heavy atom. The standard InChI is InChI=1S/C18H26N2O3/c1-4-5-14(12-17(21)13(2)19)6-11-18(22)20-15-7-9-16(23-3)10-8-15/h6-11,13-14H,4-5,12,19H2,1-3H3,(H,20,22)/b11-6+/t13-,14-/m0/s1. The summed E-state index contributed by atoms with van der Waals surface area (Å²) in [5.74, 6) is 0.573. The number of methoxy groups -OCH3 is 1. The molecule has 3 N–H and O–H groups in total. The van der Waals surface area contributed by atoms with Crippen LogP contribution in [0.2, 0.25) is 0 Å². The lowest BCUT2D eigenvalue weighted by Gasteiger charge is -2.12. The fourth-order valence-electron chi connectivity index (χ4n) is 2.16. The van der Waals surface area contributed by atoms with E-state index in [-0.39, 0.29) is 17.6 Å².